The maximum Gasteiger partial charge on any atom is 0.232 e. The van der Waals surface area contributed by atoms with Gasteiger partial charge in [0.25, 0.3) is 0 Å². The van der Waals surface area contributed by atoms with Crippen LogP contribution in [0.3, 0.4) is 0 Å². The number of carbonyl (C=O) groups excluding carboxylic acids is 1. The van der Waals surface area contributed by atoms with Crippen LogP contribution in [0.15, 0.2) is 55.0 Å². The standard InChI is InChI=1S/C27H20FN7OS/c1-2-3-4-20(36)35-15-11-14(12-29-13-15)16-5-6-18-22(23(16)28)25(34-33-18)27-31-24-17(9-10-30-26(24)32-27)19-7-8-21(35)37-19/h5-13,33-34H,2-4H2,1H3. The number of nitrogens with zero attached hydrogens (tertiary/aromatic N) is 5. The molecule has 182 valence electrons. The molecule has 1 aromatic carbocycles. The molecular formula is C27H20FN7OS. The number of imidazole rings is 1. The third-order valence-electron chi connectivity index (χ3n) is 6.64. The van der Waals surface area contributed by atoms with E-state index in [4.69, 9.17) is 4.98 Å². The molecule has 0 atom stereocenters. The Bertz CT molecular complexity index is 2030. The van der Waals surface area contributed by atoms with Crippen LogP contribution in [0.25, 0.3) is 64.8 Å². The van der Waals surface area contributed by atoms with E-state index >= 15 is 4.39 Å². The lowest BCUT2D eigenvalue weighted by Crippen LogP contribution is -2.10. The molecule has 2 aliphatic rings. The minimum absolute atomic E-state index is 0.0350. The Hall–Kier alpha value is -4.44. The van der Waals surface area contributed by atoms with Crippen molar-refractivity contribution in [2.45, 2.75) is 26.2 Å². The average molecular weight is 510 g/mol. The summed E-state index contributed by atoms with van der Waals surface area (Å²) in [6, 6.07) is 11.1. The number of halogens is 1. The van der Waals surface area contributed by atoms with Crippen molar-refractivity contribution in [1.29, 1.82) is 0 Å². The van der Waals surface area contributed by atoms with Gasteiger partial charge in [-0.2, -0.15) is 0 Å². The highest BCUT2D eigenvalue weighted by Gasteiger charge is 2.20. The van der Waals surface area contributed by atoms with E-state index in [1.165, 1.54) is 11.3 Å². The van der Waals surface area contributed by atoms with Gasteiger partial charge < -0.3 is 0 Å². The van der Waals surface area contributed by atoms with Crippen LogP contribution in [-0.2, 0) is 0 Å². The first-order valence-electron chi connectivity index (χ1n) is 12.0. The highest BCUT2D eigenvalue weighted by atomic mass is 32.1. The number of aromatic amines is 2. The third-order valence-corrected chi connectivity index (χ3v) is 7.74. The second-order valence-electron chi connectivity index (χ2n) is 8.96. The topological polar surface area (TPSA) is 105 Å². The SMILES string of the molecule is CCCCC(=O)n1c2cncc(c2)c2ccc3[nH][nH]c(c4nc5nccc(c6ccc1s6)c5n4)-c3c2F. The summed E-state index contributed by atoms with van der Waals surface area (Å²) in [4.78, 5) is 32.4. The zero-order valence-electron chi connectivity index (χ0n) is 19.7. The van der Waals surface area contributed by atoms with Crippen LogP contribution in [-0.4, -0.2) is 40.6 Å². The van der Waals surface area contributed by atoms with Crippen molar-refractivity contribution in [1.82, 2.24) is 34.7 Å². The van der Waals surface area contributed by atoms with Gasteiger partial charge in [-0.05, 0) is 42.8 Å². The molecule has 0 aliphatic carbocycles. The number of thiophene rings is 1. The molecule has 0 amide bonds. The molecule has 8 bridgehead atoms. The van der Waals surface area contributed by atoms with Crippen molar-refractivity contribution in [3.63, 3.8) is 0 Å². The molecule has 2 aliphatic heterocycles. The van der Waals surface area contributed by atoms with Crippen molar-refractivity contribution in [3.05, 3.63) is 60.8 Å². The van der Waals surface area contributed by atoms with E-state index < -0.39 is 5.82 Å². The fourth-order valence-electron chi connectivity index (χ4n) is 4.81. The van der Waals surface area contributed by atoms with Crippen molar-refractivity contribution >= 4 is 70.8 Å². The Balaban J connectivity index is 1.71. The van der Waals surface area contributed by atoms with Gasteiger partial charge in [0.15, 0.2) is 11.3 Å². The molecule has 0 saturated heterocycles. The minimum Gasteiger partial charge on any atom is -0.300 e. The first kappa shape index (κ1) is 21.8. The van der Waals surface area contributed by atoms with E-state index in [0.29, 0.717) is 56.3 Å². The molecule has 0 saturated carbocycles. The molecule has 7 rings (SSSR count). The number of H-pyrrole nitrogens is 2. The van der Waals surface area contributed by atoms with Crippen molar-refractivity contribution < 1.29 is 9.18 Å². The summed E-state index contributed by atoms with van der Waals surface area (Å²) in [6.45, 7) is 2.06. The van der Waals surface area contributed by atoms with Crippen LogP contribution < -0.4 is 0 Å². The maximum atomic E-state index is 16.1. The summed E-state index contributed by atoms with van der Waals surface area (Å²) in [5, 5.41) is 7.86. The monoisotopic (exact) mass is 509 g/mol. The zero-order valence-corrected chi connectivity index (χ0v) is 20.6. The first-order chi connectivity index (χ1) is 18.1. The number of rotatable bonds is 3. The molecule has 0 radical (unpaired) electrons. The Labute approximate surface area is 212 Å². The van der Waals surface area contributed by atoms with Crippen molar-refractivity contribution in [3.8, 4) is 11.3 Å². The van der Waals surface area contributed by atoms with E-state index in [1.54, 1.807) is 35.3 Å². The van der Waals surface area contributed by atoms with Gasteiger partial charge in [-0.3, -0.25) is 24.5 Å². The van der Waals surface area contributed by atoms with Gasteiger partial charge in [-0.25, -0.2) is 19.3 Å². The molecule has 0 fully saturated rings. The lowest BCUT2D eigenvalue weighted by atomic mass is 10.1. The molecule has 8 nitrogen and oxygen atoms in total. The van der Waals surface area contributed by atoms with Gasteiger partial charge in [-0.15, -0.1) is 11.3 Å². The first-order valence-corrected chi connectivity index (χ1v) is 12.8. The molecule has 4 aromatic heterocycles. The number of hydrogen-bond acceptors (Lipinski definition) is 6. The summed E-state index contributed by atoms with van der Waals surface area (Å²) in [5.41, 5.74) is 3.42. The lowest BCUT2D eigenvalue weighted by Gasteiger charge is -2.08. The molecule has 2 N–H and O–H groups in total. The number of fused-ring (bicyclic) bond motifs is 9. The highest BCUT2D eigenvalue weighted by molar-refractivity contribution is 7.24. The average Bonchev–Trinajstić information content (AvgIpc) is 3.65. The van der Waals surface area contributed by atoms with Gasteiger partial charge in [-0.1, -0.05) is 13.3 Å². The number of benzene rings is 1. The quantitative estimate of drug-likeness (QED) is 0.274. The van der Waals surface area contributed by atoms with E-state index in [1.807, 2.05) is 24.3 Å². The van der Waals surface area contributed by atoms with Gasteiger partial charge in [0.1, 0.15) is 21.9 Å². The molecule has 6 heterocycles. The van der Waals surface area contributed by atoms with Crippen LogP contribution in [0.1, 0.15) is 31.0 Å². The van der Waals surface area contributed by atoms with Crippen LogP contribution in [0.5, 0.6) is 0 Å². The Morgan fingerprint density at radius 2 is 1.97 bits per heavy atom. The van der Waals surface area contributed by atoms with Gasteiger partial charge in [0, 0.05) is 39.7 Å². The molecular weight excluding hydrogens is 489 g/mol. The Kier molecular flexibility index (Phi) is 4.90. The summed E-state index contributed by atoms with van der Waals surface area (Å²) >= 11 is 1.48. The number of nitrogens with one attached hydrogen (secondary N) is 2. The third kappa shape index (κ3) is 3.36. The molecule has 37 heavy (non-hydrogen) atoms. The normalized spacial score (nSPS) is 11.9. The summed E-state index contributed by atoms with van der Waals surface area (Å²) in [5.74, 6) is -0.463. The van der Waals surface area contributed by atoms with Gasteiger partial charge in [0.05, 0.1) is 22.8 Å². The van der Waals surface area contributed by atoms with E-state index in [-0.39, 0.29) is 5.91 Å². The molecule has 5 aromatic rings. The van der Waals surface area contributed by atoms with Gasteiger partial charge in [0.2, 0.25) is 5.91 Å². The molecule has 10 heteroatoms. The number of pyridine rings is 2. The van der Waals surface area contributed by atoms with E-state index in [0.717, 1.165) is 27.8 Å². The molecule has 0 unspecified atom stereocenters. The number of carbonyl (C=O) groups is 1. The second kappa shape index (κ2) is 8.31. The predicted octanol–water partition coefficient (Wildman–Crippen LogP) is 6.75. The lowest BCUT2D eigenvalue weighted by molar-refractivity contribution is 0.0909. The minimum atomic E-state index is -0.428. The molecule has 0 spiro atoms. The number of unbranched alkanes of at least 4 members (excludes halogenated alkanes) is 1. The Morgan fingerprint density at radius 1 is 1.05 bits per heavy atom. The zero-order chi connectivity index (χ0) is 25.1. The summed E-state index contributed by atoms with van der Waals surface area (Å²) < 4.78 is 18.7. The number of aromatic nitrogens is 7. The fraction of sp³-hybridized carbons (Fsp3) is 0.148. The second-order valence-corrected chi connectivity index (χ2v) is 10.0. The van der Waals surface area contributed by atoms with Crippen LogP contribution in [0.2, 0.25) is 0 Å². The van der Waals surface area contributed by atoms with E-state index in [2.05, 4.69) is 32.1 Å². The summed E-state index contributed by atoms with van der Waals surface area (Å²) in [7, 11) is 0. The summed E-state index contributed by atoms with van der Waals surface area (Å²) in [6.07, 6.45) is 7.02. The smallest absolute Gasteiger partial charge is 0.232 e. The fourth-order valence-corrected chi connectivity index (χ4v) is 5.88. The Morgan fingerprint density at radius 3 is 2.86 bits per heavy atom. The van der Waals surface area contributed by atoms with Crippen LogP contribution in [0, 0.1) is 5.82 Å². The van der Waals surface area contributed by atoms with E-state index in [9.17, 15) is 4.79 Å². The number of hydrogen-bond donors (Lipinski definition) is 2. The predicted molar refractivity (Wildman–Crippen MR) is 144 cm³/mol. The maximum absolute atomic E-state index is 16.1. The van der Waals surface area contributed by atoms with Crippen LogP contribution >= 0.6 is 11.3 Å². The van der Waals surface area contributed by atoms with Crippen molar-refractivity contribution in [2.24, 2.45) is 0 Å². The highest BCUT2D eigenvalue weighted by Crippen LogP contribution is 2.35. The largest absolute Gasteiger partial charge is 0.300 e. The van der Waals surface area contributed by atoms with Crippen molar-refractivity contribution in [2.75, 3.05) is 0 Å². The van der Waals surface area contributed by atoms with Gasteiger partial charge >= 0.3 is 0 Å². The van der Waals surface area contributed by atoms with Crippen LogP contribution in [0.4, 0.5) is 4.39 Å².